The van der Waals surface area contributed by atoms with Crippen LogP contribution in [0.2, 0.25) is 0 Å². The van der Waals surface area contributed by atoms with E-state index in [1.165, 1.54) is 11.1 Å². The molecule has 0 radical (unpaired) electrons. The maximum atomic E-state index is 11.0. The molecule has 22 heavy (non-hydrogen) atoms. The van der Waals surface area contributed by atoms with E-state index in [-0.39, 0.29) is 12.4 Å². The molecule has 2 nitrogen and oxygen atoms in total. The number of piperidine rings is 1. The van der Waals surface area contributed by atoms with Gasteiger partial charge in [0.15, 0.2) is 0 Å². The number of aryl methyl sites for hydroxylation is 1. The van der Waals surface area contributed by atoms with Crippen molar-refractivity contribution >= 4 is 12.4 Å². The van der Waals surface area contributed by atoms with Crippen LogP contribution in [0, 0.1) is 6.92 Å². The molecule has 1 heterocycles. The van der Waals surface area contributed by atoms with Crippen LogP contribution in [0.15, 0.2) is 54.6 Å². The Labute approximate surface area is 139 Å². The molecule has 0 spiro atoms. The second kappa shape index (κ2) is 7.28. The van der Waals surface area contributed by atoms with Gasteiger partial charge in [0.2, 0.25) is 0 Å². The lowest BCUT2D eigenvalue weighted by molar-refractivity contribution is -0.0281. The maximum absolute atomic E-state index is 11.0. The van der Waals surface area contributed by atoms with E-state index in [0.29, 0.717) is 0 Å². The number of hydrogen-bond acceptors (Lipinski definition) is 2. The molecule has 0 bridgehead atoms. The van der Waals surface area contributed by atoms with Crippen molar-refractivity contribution in [2.24, 2.45) is 0 Å². The summed E-state index contributed by atoms with van der Waals surface area (Å²) in [7, 11) is 0. The summed E-state index contributed by atoms with van der Waals surface area (Å²) in [6, 6.07) is 18.8. The molecule has 0 saturated carbocycles. The Hall–Kier alpha value is -1.35. The van der Waals surface area contributed by atoms with Gasteiger partial charge in [-0.15, -0.1) is 12.4 Å². The van der Waals surface area contributed by atoms with Crippen molar-refractivity contribution in [3.8, 4) is 0 Å². The second-order valence-corrected chi connectivity index (χ2v) is 6.11. The molecule has 0 atom stereocenters. The van der Waals surface area contributed by atoms with Crippen LogP contribution in [0.1, 0.15) is 29.5 Å². The largest absolute Gasteiger partial charge is 0.385 e. The highest BCUT2D eigenvalue weighted by Crippen LogP contribution is 2.34. The lowest BCUT2D eigenvalue weighted by Crippen LogP contribution is -2.42. The smallest absolute Gasteiger partial charge is 0.0923 e. The molecule has 1 aliphatic rings. The fourth-order valence-corrected chi connectivity index (χ4v) is 3.29. The van der Waals surface area contributed by atoms with Gasteiger partial charge in [-0.05, 0) is 36.5 Å². The van der Waals surface area contributed by atoms with Gasteiger partial charge in [0.1, 0.15) is 0 Å². The van der Waals surface area contributed by atoms with Crippen LogP contribution in [-0.4, -0.2) is 23.1 Å². The summed E-state index contributed by atoms with van der Waals surface area (Å²) in [5, 5.41) is 11.0. The summed E-state index contributed by atoms with van der Waals surface area (Å²) in [6.45, 7) is 4.95. The van der Waals surface area contributed by atoms with E-state index in [9.17, 15) is 5.11 Å². The molecule has 3 heteroatoms. The molecule has 3 rings (SSSR count). The Balaban J connectivity index is 0.00000176. The zero-order chi connectivity index (χ0) is 14.7. The van der Waals surface area contributed by atoms with Gasteiger partial charge in [-0.2, -0.15) is 0 Å². The fraction of sp³-hybridized carbons (Fsp3) is 0.368. The van der Waals surface area contributed by atoms with E-state index in [1.54, 1.807) is 0 Å². The lowest BCUT2D eigenvalue weighted by atomic mass is 9.82. The summed E-state index contributed by atoms with van der Waals surface area (Å²) in [4.78, 5) is 2.43. The van der Waals surface area contributed by atoms with E-state index in [4.69, 9.17) is 0 Å². The SMILES string of the molecule is Cc1ccccc1C1(O)CCN(Cc2ccccc2)CC1.Cl. The summed E-state index contributed by atoms with van der Waals surface area (Å²) in [5.74, 6) is 0. The van der Waals surface area contributed by atoms with Crippen LogP contribution < -0.4 is 0 Å². The zero-order valence-corrected chi connectivity index (χ0v) is 13.9. The molecule has 0 aliphatic carbocycles. The third-order valence-electron chi connectivity index (χ3n) is 4.58. The van der Waals surface area contributed by atoms with Crippen molar-refractivity contribution in [2.75, 3.05) is 13.1 Å². The van der Waals surface area contributed by atoms with Gasteiger partial charge in [-0.1, -0.05) is 54.6 Å². The first-order valence-corrected chi connectivity index (χ1v) is 7.72. The Morgan fingerprint density at radius 1 is 0.955 bits per heavy atom. The highest BCUT2D eigenvalue weighted by atomic mass is 35.5. The monoisotopic (exact) mass is 317 g/mol. The van der Waals surface area contributed by atoms with Crippen LogP contribution in [0.3, 0.4) is 0 Å². The number of benzene rings is 2. The average Bonchev–Trinajstić information content (AvgIpc) is 2.51. The predicted molar refractivity (Wildman–Crippen MR) is 93.3 cm³/mol. The molecule has 2 aromatic rings. The van der Waals surface area contributed by atoms with Crippen LogP contribution in [0.5, 0.6) is 0 Å². The minimum absolute atomic E-state index is 0. The highest BCUT2D eigenvalue weighted by Gasteiger charge is 2.34. The van der Waals surface area contributed by atoms with Gasteiger partial charge >= 0.3 is 0 Å². The van der Waals surface area contributed by atoms with Crippen molar-refractivity contribution in [1.82, 2.24) is 4.90 Å². The third-order valence-corrected chi connectivity index (χ3v) is 4.58. The van der Waals surface area contributed by atoms with Gasteiger partial charge < -0.3 is 5.11 Å². The molecule has 0 aromatic heterocycles. The molecule has 1 fully saturated rings. The van der Waals surface area contributed by atoms with Crippen molar-refractivity contribution in [2.45, 2.75) is 31.9 Å². The van der Waals surface area contributed by atoms with Crippen molar-refractivity contribution in [3.63, 3.8) is 0 Å². The van der Waals surface area contributed by atoms with E-state index < -0.39 is 5.60 Å². The number of nitrogens with zero attached hydrogens (tertiary/aromatic N) is 1. The molecule has 118 valence electrons. The van der Waals surface area contributed by atoms with Gasteiger partial charge in [-0.25, -0.2) is 0 Å². The zero-order valence-electron chi connectivity index (χ0n) is 13.0. The highest BCUT2D eigenvalue weighted by molar-refractivity contribution is 5.85. The van der Waals surface area contributed by atoms with E-state index >= 15 is 0 Å². The first kappa shape index (κ1) is 17.0. The Bertz CT molecular complexity index is 591. The van der Waals surface area contributed by atoms with Crippen LogP contribution in [0.25, 0.3) is 0 Å². The first-order valence-electron chi connectivity index (χ1n) is 7.72. The topological polar surface area (TPSA) is 23.5 Å². The van der Waals surface area contributed by atoms with Crippen molar-refractivity contribution < 1.29 is 5.11 Å². The molecule has 2 aromatic carbocycles. The quantitative estimate of drug-likeness (QED) is 0.928. The summed E-state index contributed by atoms with van der Waals surface area (Å²) in [6.07, 6.45) is 1.62. The van der Waals surface area contributed by atoms with Gasteiger partial charge in [0.25, 0.3) is 0 Å². The molecule has 0 amide bonds. The molecule has 1 N–H and O–H groups in total. The maximum Gasteiger partial charge on any atom is 0.0923 e. The summed E-state index contributed by atoms with van der Waals surface area (Å²) >= 11 is 0. The normalized spacial score (nSPS) is 17.7. The van der Waals surface area contributed by atoms with E-state index in [1.807, 2.05) is 12.1 Å². The van der Waals surface area contributed by atoms with E-state index in [2.05, 4.69) is 54.3 Å². The van der Waals surface area contributed by atoms with Gasteiger partial charge in [-0.3, -0.25) is 4.90 Å². The van der Waals surface area contributed by atoms with Crippen LogP contribution >= 0.6 is 12.4 Å². The van der Waals surface area contributed by atoms with Gasteiger partial charge in [0.05, 0.1) is 5.60 Å². The Morgan fingerprint density at radius 3 is 2.18 bits per heavy atom. The minimum atomic E-state index is -0.654. The van der Waals surface area contributed by atoms with Crippen LogP contribution in [-0.2, 0) is 12.1 Å². The van der Waals surface area contributed by atoms with Crippen LogP contribution in [0.4, 0.5) is 0 Å². The summed E-state index contributed by atoms with van der Waals surface area (Å²) in [5.41, 5.74) is 2.98. The molecule has 1 aliphatic heterocycles. The predicted octanol–water partition coefficient (Wildman–Crippen LogP) is 3.90. The molecule has 0 unspecified atom stereocenters. The first-order chi connectivity index (χ1) is 10.2. The molecular weight excluding hydrogens is 294 g/mol. The summed E-state index contributed by atoms with van der Waals surface area (Å²) < 4.78 is 0. The number of rotatable bonds is 3. The molecule has 1 saturated heterocycles. The second-order valence-electron chi connectivity index (χ2n) is 6.11. The average molecular weight is 318 g/mol. The van der Waals surface area contributed by atoms with Crippen molar-refractivity contribution in [3.05, 3.63) is 71.3 Å². The number of hydrogen-bond donors (Lipinski definition) is 1. The Kier molecular flexibility index (Phi) is 5.63. The Morgan fingerprint density at radius 2 is 1.55 bits per heavy atom. The molecular formula is C19H24ClNO. The van der Waals surface area contributed by atoms with E-state index in [0.717, 1.165) is 38.0 Å². The lowest BCUT2D eigenvalue weighted by Gasteiger charge is -2.39. The number of aliphatic hydroxyl groups is 1. The number of likely N-dealkylation sites (tertiary alicyclic amines) is 1. The number of halogens is 1. The minimum Gasteiger partial charge on any atom is -0.385 e. The third kappa shape index (κ3) is 3.70. The van der Waals surface area contributed by atoms with Crippen molar-refractivity contribution in [1.29, 1.82) is 0 Å². The fourth-order valence-electron chi connectivity index (χ4n) is 3.29. The standard InChI is InChI=1S/C19H23NO.ClH/c1-16-7-5-6-10-18(16)19(21)11-13-20(14-12-19)15-17-8-3-2-4-9-17;/h2-10,21H,11-15H2,1H3;1H. The van der Waals surface area contributed by atoms with Gasteiger partial charge in [0, 0.05) is 19.6 Å².